The van der Waals surface area contributed by atoms with Crippen LogP contribution in [0.25, 0.3) is 5.76 Å². The van der Waals surface area contributed by atoms with Crippen molar-refractivity contribution >= 4 is 17.4 Å². The Morgan fingerprint density at radius 3 is 2.66 bits per heavy atom. The summed E-state index contributed by atoms with van der Waals surface area (Å²) in [4.78, 5) is 29.6. The molecule has 2 aliphatic heterocycles. The van der Waals surface area contributed by atoms with Crippen LogP contribution in [0, 0.1) is 5.82 Å². The predicted molar refractivity (Wildman–Crippen MR) is 119 cm³/mol. The summed E-state index contributed by atoms with van der Waals surface area (Å²) in [5.41, 5.74) is 1.44. The van der Waals surface area contributed by atoms with Crippen LogP contribution in [0.3, 0.4) is 0 Å². The van der Waals surface area contributed by atoms with Gasteiger partial charge in [0.1, 0.15) is 17.3 Å². The molecule has 4 rings (SSSR count). The monoisotopic (exact) mass is 438 g/mol. The summed E-state index contributed by atoms with van der Waals surface area (Å²) in [7, 11) is 0. The normalized spacial score (nSPS) is 19.5. The van der Waals surface area contributed by atoms with Crippen molar-refractivity contribution in [1.29, 1.82) is 0 Å². The summed E-state index contributed by atoms with van der Waals surface area (Å²) in [6.07, 6.45) is 0.700. The van der Waals surface area contributed by atoms with Gasteiger partial charge in [-0.05, 0) is 42.9 Å². The van der Waals surface area contributed by atoms with Gasteiger partial charge in [0.15, 0.2) is 0 Å². The van der Waals surface area contributed by atoms with E-state index in [9.17, 15) is 19.1 Å². The Balaban J connectivity index is 1.80. The van der Waals surface area contributed by atoms with Gasteiger partial charge in [-0.1, -0.05) is 32.0 Å². The average Bonchev–Trinajstić information content (AvgIpc) is 3.37. The number of aliphatic hydroxyl groups excluding tert-OH is 1. The summed E-state index contributed by atoms with van der Waals surface area (Å²) < 4.78 is 20.4. The molecular formula is C25H27FN2O4. The highest BCUT2D eigenvalue weighted by Crippen LogP contribution is 2.40. The highest BCUT2D eigenvalue weighted by Gasteiger charge is 2.46. The molecule has 0 saturated carbocycles. The zero-order valence-electron chi connectivity index (χ0n) is 18.3. The van der Waals surface area contributed by atoms with Crippen LogP contribution >= 0.6 is 0 Å². The smallest absolute Gasteiger partial charge is 0.295 e. The molecule has 2 aromatic rings. The number of fused-ring (bicyclic) bond motifs is 1. The van der Waals surface area contributed by atoms with E-state index in [1.807, 2.05) is 13.8 Å². The number of rotatable bonds is 7. The van der Waals surface area contributed by atoms with Crippen LogP contribution in [0.4, 0.5) is 4.39 Å². The number of hydrogen-bond donors (Lipinski definition) is 1. The Kier molecular flexibility index (Phi) is 6.28. The molecule has 2 aromatic carbocycles. The van der Waals surface area contributed by atoms with Crippen molar-refractivity contribution in [3.63, 3.8) is 0 Å². The van der Waals surface area contributed by atoms with Crippen LogP contribution < -0.4 is 4.74 Å². The van der Waals surface area contributed by atoms with Crippen LogP contribution in [-0.2, 0) is 16.0 Å². The number of hydrogen-bond acceptors (Lipinski definition) is 5. The van der Waals surface area contributed by atoms with E-state index in [1.54, 1.807) is 36.4 Å². The van der Waals surface area contributed by atoms with Crippen molar-refractivity contribution in [3.05, 3.63) is 70.5 Å². The van der Waals surface area contributed by atoms with E-state index in [4.69, 9.17) is 4.74 Å². The molecule has 2 heterocycles. The zero-order chi connectivity index (χ0) is 22.8. The van der Waals surface area contributed by atoms with Gasteiger partial charge in [-0.2, -0.15) is 0 Å². The second-order valence-corrected chi connectivity index (χ2v) is 7.96. The van der Waals surface area contributed by atoms with Gasteiger partial charge in [-0.15, -0.1) is 0 Å². The molecule has 1 saturated heterocycles. The largest absolute Gasteiger partial charge is 0.507 e. The molecule has 7 heteroatoms. The lowest BCUT2D eigenvalue weighted by molar-refractivity contribution is -0.140. The zero-order valence-corrected chi connectivity index (χ0v) is 18.3. The van der Waals surface area contributed by atoms with E-state index < -0.39 is 23.5 Å². The Hall–Kier alpha value is -3.19. The Morgan fingerprint density at radius 2 is 1.94 bits per heavy atom. The number of amides is 1. The standard InChI is InChI=1S/C25H27FN2O4/c1-3-27(4-2)12-13-28-22(18-7-5-6-8-19(18)26)21(24(30)25(28)31)23(29)17-9-10-20-16(15-17)11-14-32-20/h5-10,15,22,29H,3-4,11-14H2,1-2H3/b23-21+. The maximum Gasteiger partial charge on any atom is 0.295 e. The van der Waals surface area contributed by atoms with Crippen LogP contribution in [0.1, 0.15) is 36.6 Å². The van der Waals surface area contributed by atoms with Gasteiger partial charge in [0.05, 0.1) is 18.2 Å². The summed E-state index contributed by atoms with van der Waals surface area (Å²) >= 11 is 0. The van der Waals surface area contributed by atoms with E-state index in [2.05, 4.69) is 4.90 Å². The van der Waals surface area contributed by atoms with Gasteiger partial charge >= 0.3 is 0 Å². The third-order valence-corrected chi connectivity index (χ3v) is 6.25. The fraction of sp³-hybridized carbons (Fsp3) is 0.360. The minimum absolute atomic E-state index is 0.0847. The maximum atomic E-state index is 14.8. The number of carbonyl (C=O) groups is 2. The summed E-state index contributed by atoms with van der Waals surface area (Å²) in [5, 5.41) is 11.2. The molecule has 0 spiro atoms. The number of aliphatic hydroxyl groups is 1. The first-order valence-electron chi connectivity index (χ1n) is 11.0. The molecule has 168 valence electrons. The number of likely N-dealkylation sites (tertiary alicyclic amines) is 1. The van der Waals surface area contributed by atoms with Crippen molar-refractivity contribution in [2.24, 2.45) is 0 Å². The van der Waals surface area contributed by atoms with Gasteiger partial charge < -0.3 is 19.6 Å². The van der Waals surface area contributed by atoms with Gasteiger partial charge in [-0.3, -0.25) is 9.59 Å². The average molecular weight is 438 g/mol. The third-order valence-electron chi connectivity index (χ3n) is 6.25. The SMILES string of the molecule is CCN(CC)CCN1C(=O)C(=O)/C(=C(/O)c2ccc3c(c2)CCO3)C1c1ccccc1F. The second kappa shape index (κ2) is 9.12. The summed E-state index contributed by atoms with van der Waals surface area (Å²) in [5.74, 6) is -1.60. The molecule has 6 nitrogen and oxygen atoms in total. The maximum absolute atomic E-state index is 14.8. The minimum Gasteiger partial charge on any atom is -0.507 e. The van der Waals surface area contributed by atoms with Crippen LogP contribution in [0.15, 0.2) is 48.0 Å². The highest BCUT2D eigenvalue weighted by molar-refractivity contribution is 6.46. The van der Waals surface area contributed by atoms with E-state index in [1.165, 1.54) is 11.0 Å². The number of Topliss-reactive ketones (excluding diaryl/α,β-unsaturated/α-hetero) is 1. The van der Waals surface area contributed by atoms with E-state index in [-0.39, 0.29) is 23.4 Å². The number of halogens is 1. The first-order valence-corrected chi connectivity index (χ1v) is 11.0. The lowest BCUT2D eigenvalue weighted by Crippen LogP contribution is -2.38. The number of carbonyl (C=O) groups excluding carboxylic acids is 2. The number of likely N-dealkylation sites (N-methyl/N-ethyl adjacent to an activating group) is 1. The molecule has 0 radical (unpaired) electrons. The number of ether oxygens (including phenoxy) is 1. The molecular weight excluding hydrogens is 411 g/mol. The molecule has 32 heavy (non-hydrogen) atoms. The highest BCUT2D eigenvalue weighted by atomic mass is 19.1. The summed E-state index contributed by atoms with van der Waals surface area (Å²) in [6.45, 7) is 6.98. The van der Waals surface area contributed by atoms with Gasteiger partial charge in [0, 0.05) is 30.6 Å². The second-order valence-electron chi connectivity index (χ2n) is 7.96. The quantitative estimate of drug-likeness (QED) is 0.407. The molecule has 0 aromatic heterocycles. The molecule has 1 amide bonds. The van der Waals surface area contributed by atoms with Crippen molar-refractivity contribution < 1.29 is 23.8 Å². The molecule has 1 fully saturated rings. The first-order chi connectivity index (χ1) is 15.5. The van der Waals surface area contributed by atoms with Crippen LogP contribution in [-0.4, -0.2) is 59.4 Å². The molecule has 0 aliphatic carbocycles. The predicted octanol–water partition coefficient (Wildman–Crippen LogP) is 3.52. The number of ketones is 1. The first kappa shape index (κ1) is 22.0. The summed E-state index contributed by atoms with van der Waals surface area (Å²) in [6, 6.07) is 10.2. The van der Waals surface area contributed by atoms with E-state index >= 15 is 0 Å². The minimum atomic E-state index is -0.990. The Labute approximate surface area is 186 Å². The molecule has 1 atom stereocenters. The van der Waals surface area contributed by atoms with Crippen molar-refractivity contribution in [1.82, 2.24) is 9.80 Å². The fourth-order valence-corrected chi connectivity index (χ4v) is 4.41. The van der Waals surface area contributed by atoms with Crippen molar-refractivity contribution in [2.45, 2.75) is 26.3 Å². The lowest BCUT2D eigenvalue weighted by Gasteiger charge is -2.28. The van der Waals surface area contributed by atoms with Crippen molar-refractivity contribution in [2.75, 3.05) is 32.8 Å². The van der Waals surface area contributed by atoms with E-state index in [0.29, 0.717) is 25.1 Å². The fourth-order valence-electron chi connectivity index (χ4n) is 4.41. The number of nitrogens with zero attached hydrogens (tertiary/aromatic N) is 2. The third kappa shape index (κ3) is 3.88. The van der Waals surface area contributed by atoms with Crippen molar-refractivity contribution in [3.8, 4) is 5.75 Å². The Morgan fingerprint density at radius 1 is 1.19 bits per heavy atom. The van der Waals surface area contributed by atoms with E-state index in [0.717, 1.165) is 24.4 Å². The Bertz CT molecular complexity index is 1080. The molecule has 1 unspecified atom stereocenters. The van der Waals surface area contributed by atoms with Gasteiger partial charge in [-0.25, -0.2) is 4.39 Å². The lowest BCUT2D eigenvalue weighted by atomic mass is 9.94. The molecule has 1 N–H and O–H groups in total. The topological polar surface area (TPSA) is 70.1 Å². The molecule has 0 bridgehead atoms. The number of benzene rings is 2. The van der Waals surface area contributed by atoms with Crippen LogP contribution in [0.5, 0.6) is 5.75 Å². The van der Waals surface area contributed by atoms with Gasteiger partial charge in [0.25, 0.3) is 11.7 Å². The van der Waals surface area contributed by atoms with Crippen LogP contribution in [0.2, 0.25) is 0 Å². The molecule has 2 aliphatic rings. The van der Waals surface area contributed by atoms with Gasteiger partial charge in [0.2, 0.25) is 0 Å².